The summed E-state index contributed by atoms with van der Waals surface area (Å²) < 4.78 is 7.72. The molecule has 1 aliphatic rings. The molecule has 152 valence electrons. The highest BCUT2D eigenvalue weighted by Gasteiger charge is 2.29. The lowest BCUT2D eigenvalue weighted by Gasteiger charge is -2.23. The lowest BCUT2D eigenvalue weighted by atomic mass is 10.2. The minimum Gasteiger partial charge on any atom is -0.423 e. The molecule has 2 aromatic carbocycles. The number of oxazole rings is 1. The van der Waals surface area contributed by atoms with Gasteiger partial charge >= 0.3 is 0 Å². The number of hydrogen-bond acceptors (Lipinski definition) is 5. The van der Waals surface area contributed by atoms with Crippen molar-refractivity contribution < 1.29 is 9.21 Å². The molecule has 0 spiro atoms. The highest BCUT2D eigenvalue weighted by molar-refractivity contribution is 5.95. The number of aromatic nitrogens is 3. The summed E-state index contributed by atoms with van der Waals surface area (Å²) in [7, 11) is 0. The standard InChI is InChI=1S/C23H23N5O2/c1-16-19(15-25-28(16)17-8-3-2-4-9-17)22(29)24-14-18-10-7-13-27(18)23-26-20-11-5-6-12-21(20)30-23/h2-6,8-9,11-12,15,18H,7,10,13-14H2,1H3,(H,24,29). The van der Waals surface area contributed by atoms with Crippen molar-refractivity contribution in [2.75, 3.05) is 18.0 Å². The van der Waals surface area contributed by atoms with Crippen LogP contribution in [-0.2, 0) is 0 Å². The summed E-state index contributed by atoms with van der Waals surface area (Å²) in [5, 5.41) is 7.47. The first-order chi connectivity index (χ1) is 14.7. The van der Waals surface area contributed by atoms with Crippen molar-refractivity contribution in [2.24, 2.45) is 0 Å². The molecular formula is C23H23N5O2. The number of nitrogens with zero attached hydrogens (tertiary/aromatic N) is 4. The van der Waals surface area contributed by atoms with E-state index >= 15 is 0 Å². The predicted molar refractivity (Wildman–Crippen MR) is 115 cm³/mol. The first kappa shape index (κ1) is 18.4. The second-order valence-electron chi connectivity index (χ2n) is 7.55. The van der Waals surface area contributed by atoms with Crippen molar-refractivity contribution >= 4 is 23.0 Å². The highest BCUT2D eigenvalue weighted by atomic mass is 16.4. The molecule has 7 heteroatoms. The SMILES string of the molecule is Cc1c(C(=O)NCC2CCCN2c2nc3ccccc3o2)cnn1-c1ccccc1. The molecule has 1 saturated heterocycles. The van der Waals surface area contributed by atoms with Crippen molar-refractivity contribution in [1.29, 1.82) is 0 Å². The third-order valence-electron chi connectivity index (χ3n) is 5.66. The number of anilines is 1. The summed E-state index contributed by atoms with van der Waals surface area (Å²) in [6.45, 7) is 3.32. The fraction of sp³-hybridized carbons (Fsp3) is 0.261. The fourth-order valence-corrected chi connectivity index (χ4v) is 4.05. The third kappa shape index (κ3) is 3.32. The van der Waals surface area contributed by atoms with Crippen LogP contribution in [0.5, 0.6) is 0 Å². The quantitative estimate of drug-likeness (QED) is 0.552. The Morgan fingerprint density at radius 3 is 2.80 bits per heavy atom. The molecule has 4 aromatic rings. The Labute approximate surface area is 174 Å². The zero-order valence-corrected chi connectivity index (χ0v) is 16.8. The summed E-state index contributed by atoms with van der Waals surface area (Å²) in [5.74, 6) is -0.112. The molecule has 1 aliphatic heterocycles. The molecule has 0 aliphatic carbocycles. The van der Waals surface area contributed by atoms with Gasteiger partial charge in [0.05, 0.1) is 29.2 Å². The Balaban J connectivity index is 1.29. The molecular weight excluding hydrogens is 378 g/mol. The molecule has 1 atom stereocenters. The van der Waals surface area contributed by atoms with E-state index in [4.69, 9.17) is 4.42 Å². The van der Waals surface area contributed by atoms with E-state index in [0.29, 0.717) is 18.1 Å². The molecule has 1 fully saturated rings. The highest BCUT2D eigenvalue weighted by Crippen LogP contribution is 2.28. The molecule has 3 heterocycles. The summed E-state index contributed by atoms with van der Waals surface area (Å²) in [4.78, 5) is 19.6. The number of fused-ring (bicyclic) bond motifs is 1. The van der Waals surface area contributed by atoms with E-state index < -0.39 is 0 Å². The third-order valence-corrected chi connectivity index (χ3v) is 5.66. The van der Waals surface area contributed by atoms with Gasteiger partial charge in [-0.1, -0.05) is 30.3 Å². The van der Waals surface area contributed by atoms with E-state index in [1.54, 1.807) is 10.9 Å². The molecule has 7 nitrogen and oxygen atoms in total. The maximum Gasteiger partial charge on any atom is 0.298 e. The maximum absolute atomic E-state index is 12.8. The largest absolute Gasteiger partial charge is 0.423 e. The molecule has 1 N–H and O–H groups in total. The van der Waals surface area contributed by atoms with Crippen LogP contribution in [0.4, 0.5) is 6.01 Å². The van der Waals surface area contributed by atoms with Gasteiger partial charge in [0.15, 0.2) is 5.58 Å². The number of carbonyl (C=O) groups is 1. The monoisotopic (exact) mass is 401 g/mol. The van der Waals surface area contributed by atoms with E-state index in [2.05, 4.69) is 20.3 Å². The lowest BCUT2D eigenvalue weighted by Crippen LogP contribution is -2.40. The van der Waals surface area contributed by atoms with Crippen LogP contribution in [-0.4, -0.2) is 39.8 Å². The van der Waals surface area contributed by atoms with Gasteiger partial charge in [0, 0.05) is 13.1 Å². The zero-order valence-electron chi connectivity index (χ0n) is 16.8. The number of hydrogen-bond donors (Lipinski definition) is 1. The average molecular weight is 401 g/mol. The van der Waals surface area contributed by atoms with Crippen LogP contribution < -0.4 is 10.2 Å². The molecule has 0 saturated carbocycles. The maximum atomic E-state index is 12.8. The van der Waals surface area contributed by atoms with Gasteiger partial charge in [-0.25, -0.2) is 4.68 Å². The fourth-order valence-electron chi connectivity index (χ4n) is 4.05. The topological polar surface area (TPSA) is 76.2 Å². The Morgan fingerprint density at radius 2 is 1.97 bits per heavy atom. The summed E-state index contributed by atoms with van der Waals surface area (Å²) in [6, 6.07) is 18.4. The number of amides is 1. The summed E-state index contributed by atoms with van der Waals surface area (Å²) in [6.07, 6.45) is 3.66. The van der Waals surface area contributed by atoms with Crippen LogP contribution in [0.25, 0.3) is 16.8 Å². The molecule has 5 rings (SSSR count). The Kier molecular flexibility index (Phi) is 4.71. The number of nitrogens with one attached hydrogen (secondary N) is 1. The predicted octanol–water partition coefficient (Wildman–Crippen LogP) is 3.72. The van der Waals surface area contributed by atoms with E-state index in [9.17, 15) is 4.79 Å². The number of para-hydroxylation sites is 3. The lowest BCUT2D eigenvalue weighted by molar-refractivity contribution is 0.0950. The second-order valence-corrected chi connectivity index (χ2v) is 7.55. The van der Waals surface area contributed by atoms with Crippen molar-refractivity contribution in [1.82, 2.24) is 20.1 Å². The van der Waals surface area contributed by atoms with Crippen molar-refractivity contribution in [3.8, 4) is 5.69 Å². The van der Waals surface area contributed by atoms with E-state index in [1.807, 2.05) is 61.5 Å². The smallest absolute Gasteiger partial charge is 0.298 e. The van der Waals surface area contributed by atoms with Gasteiger partial charge in [0.25, 0.3) is 11.9 Å². The Bertz CT molecular complexity index is 1150. The molecule has 30 heavy (non-hydrogen) atoms. The van der Waals surface area contributed by atoms with Crippen LogP contribution in [0.1, 0.15) is 28.9 Å². The van der Waals surface area contributed by atoms with Crippen LogP contribution >= 0.6 is 0 Å². The minimum absolute atomic E-state index is 0.112. The average Bonchev–Trinajstić information content (AvgIpc) is 3.50. The second kappa shape index (κ2) is 7.67. The van der Waals surface area contributed by atoms with Gasteiger partial charge < -0.3 is 14.6 Å². The first-order valence-electron chi connectivity index (χ1n) is 10.2. The van der Waals surface area contributed by atoms with Gasteiger partial charge in [0.1, 0.15) is 5.52 Å². The van der Waals surface area contributed by atoms with E-state index in [-0.39, 0.29) is 11.9 Å². The Hall–Kier alpha value is -3.61. The summed E-state index contributed by atoms with van der Waals surface area (Å²) >= 11 is 0. The van der Waals surface area contributed by atoms with Crippen LogP contribution in [0, 0.1) is 6.92 Å². The number of rotatable bonds is 5. The van der Waals surface area contributed by atoms with Crippen molar-refractivity contribution in [3.05, 3.63) is 72.1 Å². The van der Waals surface area contributed by atoms with Gasteiger partial charge in [-0.3, -0.25) is 4.79 Å². The van der Waals surface area contributed by atoms with Crippen LogP contribution in [0.3, 0.4) is 0 Å². The number of benzene rings is 2. The van der Waals surface area contributed by atoms with Crippen LogP contribution in [0.2, 0.25) is 0 Å². The van der Waals surface area contributed by atoms with Gasteiger partial charge in [-0.2, -0.15) is 10.1 Å². The van der Waals surface area contributed by atoms with E-state index in [1.165, 1.54) is 0 Å². The van der Waals surface area contributed by atoms with Crippen molar-refractivity contribution in [3.63, 3.8) is 0 Å². The Morgan fingerprint density at radius 1 is 1.17 bits per heavy atom. The van der Waals surface area contributed by atoms with E-state index in [0.717, 1.165) is 41.9 Å². The normalized spacial score (nSPS) is 16.3. The zero-order chi connectivity index (χ0) is 20.5. The molecule has 0 bridgehead atoms. The summed E-state index contributed by atoms with van der Waals surface area (Å²) in [5.41, 5.74) is 3.98. The van der Waals surface area contributed by atoms with Gasteiger partial charge in [-0.15, -0.1) is 0 Å². The molecule has 2 aromatic heterocycles. The van der Waals surface area contributed by atoms with Gasteiger partial charge in [0.2, 0.25) is 0 Å². The first-order valence-corrected chi connectivity index (χ1v) is 10.2. The molecule has 1 amide bonds. The molecule has 1 unspecified atom stereocenters. The van der Waals surface area contributed by atoms with Gasteiger partial charge in [-0.05, 0) is 44.0 Å². The van der Waals surface area contributed by atoms with Crippen molar-refractivity contribution in [2.45, 2.75) is 25.8 Å². The minimum atomic E-state index is -0.112. The van der Waals surface area contributed by atoms with Crippen LogP contribution in [0.15, 0.2) is 65.2 Å². The number of carbonyl (C=O) groups excluding carboxylic acids is 1. The molecule has 0 radical (unpaired) electrons.